The molecule has 2 atom stereocenters. The van der Waals surface area contributed by atoms with Crippen molar-refractivity contribution < 1.29 is 9.59 Å². The minimum Gasteiger partial charge on any atom is -0.354 e. The van der Waals surface area contributed by atoms with Gasteiger partial charge in [-0.1, -0.05) is 30.3 Å². The van der Waals surface area contributed by atoms with Crippen molar-refractivity contribution in [3.63, 3.8) is 0 Å². The van der Waals surface area contributed by atoms with Gasteiger partial charge in [0.15, 0.2) is 0 Å². The number of rotatable bonds is 5. The molecule has 5 nitrogen and oxygen atoms in total. The van der Waals surface area contributed by atoms with Crippen molar-refractivity contribution in [1.29, 1.82) is 0 Å². The molecule has 22 heavy (non-hydrogen) atoms. The van der Waals surface area contributed by atoms with E-state index in [1.165, 1.54) is 0 Å². The largest absolute Gasteiger partial charge is 0.354 e. The molecule has 2 N–H and O–H groups in total. The molecule has 0 radical (unpaired) electrons. The van der Waals surface area contributed by atoms with Gasteiger partial charge in [-0.3, -0.25) is 9.59 Å². The summed E-state index contributed by atoms with van der Waals surface area (Å²) in [6, 6.07) is 9.98. The fourth-order valence-electron chi connectivity index (χ4n) is 3.22. The Bertz CT molecular complexity index is 526. The molecule has 2 amide bonds. The van der Waals surface area contributed by atoms with E-state index in [1.54, 1.807) is 0 Å². The average molecular weight is 301 g/mol. The van der Waals surface area contributed by atoms with Crippen molar-refractivity contribution in [1.82, 2.24) is 15.5 Å². The van der Waals surface area contributed by atoms with E-state index in [0.29, 0.717) is 19.5 Å². The summed E-state index contributed by atoms with van der Waals surface area (Å²) in [5.74, 6) is 0.482. The first-order chi connectivity index (χ1) is 10.7. The highest BCUT2D eigenvalue weighted by Gasteiger charge is 2.30. The third-order valence-electron chi connectivity index (χ3n) is 4.45. The minimum atomic E-state index is -0.0440. The number of carbonyl (C=O) groups excluding carboxylic acids is 2. The Kier molecular flexibility index (Phi) is 4.73. The second-order valence-corrected chi connectivity index (χ2v) is 6.22. The lowest BCUT2D eigenvalue weighted by molar-refractivity contribution is -0.128. The molecule has 0 aromatic heterocycles. The predicted octanol–water partition coefficient (Wildman–Crippen LogP) is 0.903. The third kappa shape index (κ3) is 3.65. The molecule has 2 aliphatic rings. The van der Waals surface area contributed by atoms with Crippen molar-refractivity contribution in [2.45, 2.75) is 31.8 Å². The second kappa shape index (κ2) is 6.92. The highest BCUT2D eigenvalue weighted by molar-refractivity contribution is 5.82. The molecule has 0 saturated carbocycles. The Morgan fingerprint density at radius 3 is 2.86 bits per heavy atom. The van der Waals surface area contributed by atoms with E-state index >= 15 is 0 Å². The Morgan fingerprint density at radius 2 is 2.14 bits per heavy atom. The molecule has 2 saturated heterocycles. The smallest absolute Gasteiger partial charge is 0.237 e. The van der Waals surface area contributed by atoms with Crippen molar-refractivity contribution in [3.8, 4) is 0 Å². The first kappa shape index (κ1) is 15.0. The monoisotopic (exact) mass is 301 g/mol. The van der Waals surface area contributed by atoms with Gasteiger partial charge in [0.1, 0.15) is 0 Å². The van der Waals surface area contributed by atoms with E-state index in [9.17, 15) is 9.59 Å². The van der Waals surface area contributed by atoms with Gasteiger partial charge in [-0.25, -0.2) is 0 Å². The van der Waals surface area contributed by atoms with Crippen LogP contribution in [0.15, 0.2) is 30.3 Å². The average Bonchev–Trinajstić information content (AvgIpc) is 3.17. The lowest BCUT2D eigenvalue weighted by Crippen LogP contribution is -2.42. The van der Waals surface area contributed by atoms with Gasteiger partial charge in [-0.15, -0.1) is 0 Å². The highest BCUT2D eigenvalue weighted by atomic mass is 16.2. The Balaban J connectivity index is 1.46. The van der Waals surface area contributed by atoms with Crippen LogP contribution in [0.2, 0.25) is 0 Å². The standard InChI is InChI=1S/C17H23N3O2/c21-16-9-14(10-19-17(22)15-7-4-8-18-15)12-20(16)11-13-5-2-1-3-6-13/h1-3,5-6,14-15,18H,4,7-12H2,(H,19,22). The molecule has 5 heteroatoms. The molecule has 2 aliphatic heterocycles. The first-order valence-corrected chi connectivity index (χ1v) is 8.05. The number of benzene rings is 1. The predicted molar refractivity (Wildman–Crippen MR) is 84.0 cm³/mol. The number of likely N-dealkylation sites (tertiary alicyclic amines) is 1. The van der Waals surface area contributed by atoms with E-state index in [-0.39, 0.29) is 23.8 Å². The lowest BCUT2D eigenvalue weighted by atomic mass is 10.1. The molecule has 0 aliphatic carbocycles. The molecule has 0 spiro atoms. The van der Waals surface area contributed by atoms with Crippen molar-refractivity contribution in [2.75, 3.05) is 19.6 Å². The van der Waals surface area contributed by atoms with Gasteiger partial charge in [-0.05, 0) is 24.9 Å². The Hall–Kier alpha value is -1.88. The van der Waals surface area contributed by atoms with Gasteiger partial charge in [-0.2, -0.15) is 0 Å². The molecule has 3 rings (SSSR count). The number of nitrogens with zero attached hydrogens (tertiary/aromatic N) is 1. The van der Waals surface area contributed by atoms with Crippen LogP contribution in [0.4, 0.5) is 0 Å². The summed E-state index contributed by atoms with van der Waals surface area (Å²) in [7, 11) is 0. The van der Waals surface area contributed by atoms with Gasteiger partial charge >= 0.3 is 0 Å². The van der Waals surface area contributed by atoms with Crippen LogP contribution in [-0.4, -0.2) is 42.4 Å². The first-order valence-electron chi connectivity index (χ1n) is 8.05. The number of hydrogen-bond acceptors (Lipinski definition) is 3. The zero-order valence-corrected chi connectivity index (χ0v) is 12.8. The zero-order chi connectivity index (χ0) is 15.4. The Morgan fingerprint density at radius 1 is 1.32 bits per heavy atom. The molecular weight excluding hydrogens is 278 g/mol. The minimum absolute atomic E-state index is 0.0440. The van der Waals surface area contributed by atoms with Crippen LogP contribution in [0.3, 0.4) is 0 Å². The molecule has 1 aromatic carbocycles. The summed E-state index contributed by atoms with van der Waals surface area (Å²) < 4.78 is 0. The number of hydrogen-bond donors (Lipinski definition) is 2. The number of nitrogens with one attached hydrogen (secondary N) is 2. The summed E-state index contributed by atoms with van der Waals surface area (Å²) in [5, 5.41) is 6.18. The molecule has 118 valence electrons. The topological polar surface area (TPSA) is 61.4 Å². The van der Waals surface area contributed by atoms with Gasteiger partial charge < -0.3 is 15.5 Å². The Labute approximate surface area is 131 Å². The maximum atomic E-state index is 12.1. The van der Waals surface area contributed by atoms with E-state index in [4.69, 9.17) is 0 Å². The summed E-state index contributed by atoms with van der Waals surface area (Å²) in [4.78, 5) is 26.0. The maximum absolute atomic E-state index is 12.1. The summed E-state index contributed by atoms with van der Waals surface area (Å²) >= 11 is 0. The fraction of sp³-hybridized carbons (Fsp3) is 0.529. The SMILES string of the molecule is O=C(NCC1CC(=O)N(Cc2ccccc2)C1)C1CCCN1. The van der Waals surface area contributed by atoms with Crippen LogP contribution < -0.4 is 10.6 Å². The van der Waals surface area contributed by atoms with Gasteiger partial charge in [0.2, 0.25) is 11.8 Å². The summed E-state index contributed by atoms with van der Waals surface area (Å²) in [6.45, 7) is 2.90. The highest BCUT2D eigenvalue weighted by Crippen LogP contribution is 2.19. The van der Waals surface area contributed by atoms with Gasteiger partial charge in [0, 0.05) is 32.0 Å². The molecule has 2 unspecified atom stereocenters. The van der Waals surface area contributed by atoms with E-state index in [0.717, 1.165) is 31.5 Å². The molecular formula is C17H23N3O2. The molecule has 0 bridgehead atoms. The molecule has 2 fully saturated rings. The van der Waals surface area contributed by atoms with Crippen LogP contribution in [0.5, 0.6) is 0 Å². The van der Waals surface area contributed by atoms with Crippen molar-refractivity contribution >= 4 is 11.8 Å². The van der Waals surface area contributed by atoms with Crippen molar-refractivity contribution in [3.05, 3.63) is 35.9 Å². The van der Waals surface area contributed by atoms with Gasteiger partial charge in [0.05, 0.1) is 6.04 Å². The summed E-state index contributed by atoms with van der Waals surface area (Å²) in [5.41, 5.74) is 1.15. The van der Waals surface area contributed by atoms with Crippen LogP contribution in [0, 0.1) is 5.92 Å². The zero-order valence-electron chi connectivity index (χ0n) is 12.8. The third-order valence-corrected chi connectivity index (χ3v) is 4.45. The van der Waals surface area contributed by atoms with Crippen molar-refractivity contribution in [2.24, 2.45) is 5.92 Å². The van der Waals surface area contributed by atoms with E-state index in [2.05, 4.69) is 10.6 Å². The summed E-state index contributed by atoms with van der Waals surface area (Å²) in [6.07, 6.45) is 2.51. The van der Waals surface area contributed by atoms with Crippen LogP contribution in [0.25, 0.3) is 0 Å². The number of amides is 2. The van der Waals surface area contributed by atoms with Crippen LogP contribution >= 0.6 is 0 Å². The van der Waals surface area contributed by atoms with Crippen LogP contribution in [-0.2, 0) is 16.1 Å². The van der Waals surface area contributed by atoms with Gasteiger partial charge in [0.25, 0.3) is 0 Å². The number of carbonyl (C=O) groups is 2. The lowest BCUT2D eigenvalue weighted by Gasteiger charge is -2.17. The molecule has 2 heterocycles. The maximum Gasteiger partial charge on any atom is 0.237 e. The molecule has 1 aromatic rings. The van der Waals surface area contributed by atoms with Crippen LogP contribution in [0.1, 0.15) is 24.8 Å². The van der Waals surface area contributed by atoms with E-state index < -0.39 is 0 Å². The second-order valence-electron chi connectivity index (χ2n) is 6.22. The quantitative estimate of drug-likeness (QED) is 0.849. The normalized spacial score (nSPS) is 24.7. The fourth-order valence-corrected chi connectivity index (χ4v) is 3.22. The van der Waals surface area contributed by atoms with E-state index in [1.807, 2.05) is 35.2 Å².